The second-order valence-electron chi connectivity index (χ2n) is 6.90. The van der Waals surface area contributed by atoms with E-state index in [2.05, 4.69) is 37.1 Å². The van der Waals surface area contributed by atoms with E-state index in [4.69, 9.17) is 4.52 Å². The molecule has 0 spiro atoms. The highest BCUT2D eigenvalue weighted by atomic mass is 16.5. The molecular formula is C18H25N5O. The van der Waals surface area contributed by atoms with E-state index in [9.17, 15) is 0 Å². The van der Waals surface area contributed by atoms with Gasteiger partial charge in [-0.05, 0) is 56.5 Å². The van der Waals surface area contributed by atoms with Crippen molar-refractivity contribution in [2.45, 2.75) is 38.1 Å². The fraction of sp³-hybridized carbons (Fsp3) is 0.611. The lowest BCUT2D eigenvalue weighted by molar-refractivity contribution is 0.246. The third kappa shape index (κ3) is 4.19. The Labute approximate surface area is 142 Å². The van der Waals surface area contributed by atoms with E-state index in [0.717, 1.165) is 50.9 Å². The molecule has 0 aromatic carbocycles. The predicted octanol–water partition coefficient (Wildman–Crippen LogP) is 2.09. The van der Waals surface area contributed by atoms with E-state index in [1.54, 1.807) is 0 Å². The Morgan fingerprint density at radius 3 is 2.67 bits per heavy atom. The SMILES string of the molecule is c1cc(CCN2CCCN(Cc3noc(C4CC4)n3)CC2)ccn1. The summed E-state index contributed by atoms with van der Waals surface area (Å²) < 4.78 is 5.37. The van der Waals surface area contributed by atoms with Crippen molar-refractivity contribution in [2.24, 2.45) is 0 Å². The van der Waals surface area contributed by atoms with Gasteiger partial charge in [0.15, 0.2) is 5.82 Å². The average molecular weight is 327 g/mol. The lowest BCUT2D eigenvalue weighted by Gasteiger charge is -2.20. The quantitative estimate of drug-likeness (QED) is 0.810. The zero-order valence-corrected chi connectivity index (χ0v) is 14.1. The number of hydrogen-bond donors (Lipinski definition) is 0. The van der Waals surface area contributed by atoms with Gasteiger partial charge in [0, 0.05) is 37.9 Å². The molecule has 2 aliphatic rings. The lowest BCUT2D eigenvalue weighted by atomic mass is 10.2. The van der Waals surface area contributed by atoms with Crippen molar-refractivity contribution in [2.75, 3.05) is 32.7 Å². The summed E-state index contributed by atoms with van der Waals surface area (Å²) in [6, 6.07) is 4.22. The molecule has 1 aliphatic heterocycles. The van der Waals surface area contributed by atoms with Crippen molar-refractivity contribution in [3.05, 3.63) is 41.8 Å². The Kier molecular flexibility index (Phi) is 4.85. The van der Waals surface area contributed by atoms with Crippen LogP contribution >= 0.6 is 0 Å². The van der Waals surface area contributed by atoms with Crippen molar-refractivity contribution in [3.63, 3.8) is 0 Å². The van der Waals surface area contributed by atoms with Gasteiger partial charge in [0.05, 0.1) is 6.54 Å². The normalized spacial score (nSPS) is 20.2. The van der Waals surface area contributed by atoms with Gasteiger partial charge in [-0.3, -0.25) is 9.88 Å². The molecule has 0 radical (unpaired) electrons. The Morgan fingerprint density at radius 2 is 1.83 bits per heavy atom. The Hall–Kier alpha value is -1.79. The van der Waals surface area contributed by atoms with E-state index in [-0.39, 0.29) is 0 Å². The van der Waals surface area contributed by atoms with Crippen LogP contribution in [0.15, 0.2) is 29.0 Å². The second kappa shape index (κ2) is 7.40. The third-order valence-corrected chi connectivity index (χ3v) is 4.92. The molecule has 1 aliphatic carbocycles. The molecule has 0 atom stereocenters. The molecule has 128 valence electrons. The van der Waals surface area contributed by atoms with Crippen molar-refractivity contribution < 1.29 is 4.52 Å². The van der Waals surface area contributed by atoms with Crippen molar-refractivity contribution in [1.82, 2.24) is 24.9 Å². The molecule has 1 saturated carbocycles. The fourth-order valence-electron chi connectivity index (χ4n) is 3.27. The van der Waals surface area contributed by atoms with Gasteiger partial charge >= 0.3 is 0 Å². The smallest absolute Gasteiger partial charge is 0.229 e. The van der Waals surface area contributed by atoms with Crippen molar-refractivity contribution in [1.29, 1.82) is 0 Å². The van der Waals surface area contributed by atoms with Crippen molar-refractivity contribution in [3.8, 4) is 0 Å². The van der Waals surface area contributed by atoms with E-state index >= 15 is 0 Å². The summed E-state index contributed by atoms with van der Waals surface area (Å²) in [5.74, 6) is 2.24. The molecule has 6 heteroatoms. The van der Waals surface area contributed by atoms with Crippen LogP contribution in [0, 0.1) is 0 Å². The summed E-state index contributed by atoms with van der Waals surface area (Å²) in [6.07, 6.45) is 8.46. The molecule has 0 N–H and O–H groups in total. The van der Waals surface area contributed by atoms with Crippen LogP contribution in [0.1, 0.15) is 42.5 Å². The third-order valence-electron chi connectivity index (χ3n) is 4.92. The first kappa shape index (κ1) is 15.7. The zero-order valence-electron chi connectivity index (χ0n) is 14.1. The van der Waals surface area contributed by atoms with Gasteiger partial charge in [-0.2, -0.15) is 4.98 Å². The highest BCUT2D eigenvalue weighted by molar-refractivity contribution is 5.10. The fourth-order valence-corrected chi connectivity index (χ4v) is 3.27. The first-order valence-corrected chi connectivity index (χ1v) is 9.03. The molecule has 3 heterocycles. The summed E-state index contributed by atoms with van der Waals surface area (Å²) in [5, 5.41) is 4.15. The molecule has 0 bridgehead atoms. The number of pyridine rings is 1. The van der Waals surface area contributed by atoms with Gasteiger partial charge in [-0.15, -0.1) is 0 Å². The Morgan fingerprint density at radius 1 is 1.04 bits per heavy atom. The molecule has 2 fully saturated rings. The van der Waals surface area contributed by atoms with Crippen LogP contribution in [-0.4, -0.2) is 57.6 Å². The minimum Gasteiger partial charge on any atom is -0.339 e. The van der Waals surface area contributed by atoms with Gasteiger partial charge < -0.3 is 9.42 Å². The summed E-state index contributed by atoms with van der Waals surface area (Å²) in [6.45, 7) is 6.39. The summed E-state index contributed by atoms with van der Waals surface area (Å²) >= 11 is 0. The standard InChI is InChI=1S/C18H25N5O/c1-9-22(11-6-15-4-7-19-8-5-15)12-13-23(10-1)14-17-20-18(24-21-17)16-2-3-16/h4-5,7-8,16H,1-3,6,9-14H2. The Balaban J connectivity index is 1.24. The van der Waals surface area contributed by atoms with Gasteiger partial charge in [0.1, 0.15) is 0 Å². The number of rotatable bonds is 6. The summed E-state index contributed by atoms with van der Waals surface area (Å²) in [7, 11) is 0. The van der Waals surface area contributed by atoms with E-state index in [0.29, 0.717) is 5.92 Å². The minimum atomic E-state index is 0.541. The molecular weight excluding hydrogens is 302 g/mol. The highest BCUT2D eigenvalue weighted by Crippen LogP contribution is 2.38. The number of hydrogen-bond acceptors (Lipinski definition) is 6. The molecule has 0 unspecified atom stereocenters. The van der Waals surface area contributed by atoms with Crippen LogP contribution < -0.4 is 0 Å². The molecule has 4 rings (SSSR count). The van der Waals surface area contributed by atoms with E-state index in [1.807, 2.05) is 12.4 Å². The van der Waals surface area contributed by atoms with Crippen LogP contribution in [0.4, 0.5) is 0 Å². The van der Waals surface area contributed by atoms with Gasteiger partial charge in [0.2, 0.25) is 5.89 Å². The van der Waals surface area contributed by atoms with Crippen molar-refractivity contribution >= 4 is 0 Å². The lowest BCUT2D eigenvalue weighted by Crippen LogP contribution is -2.32. The summed E-state index contributed by atoms with van der Waals surface area (Å²) in [4.78, 5) is 13.6. The average Bonchev–Trinajstić information content (AvgIpc) is 3.40. The van der Waals surface area contributed by atoms with Crippen LogP contribution in [0.25, 0.3) is 0 Å². The Bertz CT molecular complexity index is 640. The van der Waals surface area contributed by atoms with E-state index in [1.165, 1.54) is 31.4 Å². The molecule has 2 aromatic rings. The topological polar surface area (TPSA) is 58.3 Å². The number of aromatic nitrogens is 3. The zero-order chi connectivity index (χ0) is 16.2. The largest absolute Gasteiger partial charge is 0.339 e. The first-order valence-electron chi connectivity index (χ1n) is 9.03. The van der Waals surface area contributed by atoms with Gasteiger partial charge in [-0.25, -0.2) is 0 Å². The molecule has 6 nitrogen and oxygen atoms in total. The first-order chi connectivity index (χ1) is 11.9. The van der Waals surface area contributed by atoms with Crippen LogP contribution in [-0.2, 0) is 13.0 Å². The molecule has 2 aromatic heterocycles. The maximum atomic E-state index is 5.37. The number of nitrogens with zero attached hydrogens (tertiary/aromatic N) is 5. The maximum absolute atomic E-state index is 5.37. The molecule has 0 amide bonds. The van der Waals surface area contributed by atoms with Crippen LogP contribution in [0.2, 0.25) is 0 Å². The van der Waals surface area contributed by atoms with Gasteiger partial charge in [-0.1, -0.05) is 5.16 Å². The van der Waals surface area contributed by atoms with Gasteiger partial charge in [0.25, 0.3) is 0 Å². The van der Waals surface area contributed by atoms with Crippen LogP contribution in [0.3, 0.4) is 0 Å². The predicted molar refractivity (Wildman–Crippen MR) is 90.5 cm³/mol. The molecule has 24 heavy (non-hydrogen) atoms. The van der Waals surface area contributed by atoms with Crippen LogP contribution in [0.5, 0.6) is 0 Å². The van der Waals surface area contributed by atoms with E-state index < -0.39 is 0 Å². The minimum absolute atomic E-state index is 0.541. The monoisotopic (exact) mass is 327 g/mol. The highest BCUT2D eigenvalue weighted by Gasteiger charge is 2.29. The summed E-state index contributed by atoms with van der Waals surface area (Å²) in [5.41, 5.74) is 1.37. The molecule has 1 saturated heterocycles. The maximum Gasteiger partial charge on any atom is 0.229 e. The second-order valence-corrected chi connectivity index (χ2v) is 6.90.